The summed E-state index contributed by atoms with van der Waals surface area (Å²) in [6, 6.07) is 9.74. The van der Waals surface area contributed by atoms with Crippen LogP contribution in [0.2, 0.25) is 0 Å². The predicted octanol–water partition coefficient (Wildman–Crippen LogP) is 3.23. The van der Waals surface area contributed by atoms with Crippen molar-refractivity contribution >= 4 is 0 Å². The van der Waals surface area contributed by atoms with E-state index in [0.29, 0.717) is 5.56 Å². The topological polar surface area (TPSA) is 24.9 Å². The molecule has 1 aromatic carbocycles. The molecule has 0 aliphatic carbocycles. The Kier molecular flexibility index (Phi) is 4.05. The van der Waals surface area contributed by atoms with Gasteiger partial charge in [0, 0.05) is 11.8 Å². The normalized spacial score (nSPS) is 12.4. The lowest BCUT2D eigenvalue weighted by Crippen LogP contribution is -2.23. The van der Waals surface area contributed by atoms with Gasteiger partial charge in [-0.2, -0.15) is 0 Å². The first kappa shape index (κ1) is 12.7. The monoisotopic (exact) mass is 244 g/mol. The van der Waals surface area contributed by atoms with Crippen LogP contribution >= 0.6 is 0 Å². The maximum absolute atomic E-state index is 13.8. The number of aromatic nitrogens is 1. The summed E-state index contributed by atoms with van der Waals surface area (Å²) in [5, 5.41) is 3.31. The Balaban J connectivity index is 2.40. The molecule has 0 saturated heterocycles. The van der Waals surface area contributed by atoms with Crippen LogP contribution in [0.5, 0.6) is 0 Å². The number of hydrogen-bond acceptors (Lipinski definition) is 2. The summed E-state index contributed by atoms with van der Waals surface area (Å²) in [4.78, 5) is 3.79. The van der Waals surface area contributed by atoms with E-state index in [9.17, 15) is 4.39 Å². The molecule has 1 aromatic heterocycles. The molecule has 1 N–H and O–H groups in total. The summed E-state index contributed by atoms with van der Waals surface area (Å²) in [6.07, 6.45) is 2.88. The molecule has 0 aliphatic heterocycles. The molecule has 18 heavy (non-hydrogen) atoms. The van der Waals surface area contributed by atoms with Gasteiger partial charge in [-0.15, -0.1) is 0 Å². The fourth-order valence-corrected chi connectivity index (χ4v) is 1.99. The van der Waals surface area contributed by atoms with Crippen LogP contribution in [0.1, 0.15) is 29.7 Å². The van der Waals surface area contributed by atoms with Gasteiger partial charge in [0.15, 0.2) is 0 Å². The molecule has 3 heteroatoms. The quantitative estimate of drug-likeness (QED) is 0.893. The van der Waals surface area contributed by atoms with Crippen molar-refractivity contribution in [1.29, 1.82) is 0 Å². The average molecular weight is 244 g/mol. The fourth-order valence-electron chi connectivity index (χ4n) is 1.99. The van der Waals surface area contributed by atoms with E-state index in [0.717, 1.165) is 12.1 Å². The second-order valence-electron chi connectivity index (χ2n) is 4.30. The van der Waals surface area contributed by atoms with Gasteiger partial charge < -0.3 is 5.32 Å². The molecule has 2 rings (SSSR count). The van der Waals surface area contributed by atoms with Crippen molar-refractivity contribution in [3.63, 3.8) is 0 Å². The maximum atomic E-state index is 13.8. The van der Waals surface area contributed by atoms with Crippen LogP contribution in [0, 0.1) is 12.7 Å². The SMILES string of the molecule is CCNC(c1ccc(C)cc1)c1ccncc1F. The molecule has 2 aromatic rings. The van der Waals surface area contributed by atoms with Crippen molar-refractivity contribution in [1.82, 2.24) is 10.3 Å². The minimum atomic E-state index is -0.274. The van der Waals surface area contributed by atoms with Gasteiger partial charge in [0.1, 0.15) is 5.82 Å². The van der Waals surface area contributed by atoms with Gasteiger partial charge in [-0.25, -0.2) is 4.39 Å². The summed E-state index contributed by atoms with van der Waals surface area (Å²) < 4.78 is 13.8. The second kappa shape index (κ2) is 5.74. The number of benzene rings is 1. The Morgan fingerprint density at radius 2 is 1.94 bits per heavy atom. The number of pyridine rings is 1. The number of aryl methyl sites for hydroxylation is 1. The largest absolute Gasteiger partial charge is 0.306 e. The number of nitrogens with one attached hydrogen (secondary N) is 1. The third-order valence-electron chi connectivity index (χ3n) is 2.93. The van der Waals surface area contributed by atoms with Crippen LogP contribution in [0.3, 0.4) is 0 Å². The summed E-state index contributed by atoms with van der Waals surface area (Å²) in [5.74, 6) is -0.274. The summed E-state index contributed by atoms with van der Waals surface area (Å²) in [7, 11) is 0. The molecule has 0 saturated carbocycles. The van der Waals surface area contributed by atoms with Gasteiger partial charge in [-0.05, 0) is 25.1 Å². The lowest BCUT2D eigenvalue weighted by Gasteiger charge is -2.19. The molecule has 0 radical (unpaired) electrons. The van der Waals surface area contributed by atoms with Crippen LogP contribution in [0.25, 0.3) is 0 Å². The molecule has 0 amide bonds. The Hall–Kier alpha value is -1.74. The molecule has 1 atom stereocenters. The van der Waals surface area contributed by atoms with Crippen molar-refractivity contribution in [2.75, 3.05) is 6.54 Å². The molecule has 94 valence electrons. The smallest absolute Gasteiger partial charge is 0.146 e. The Bertz CT molecular complexity index is 508. The molecule has 2 nitrogen and oxygen atoms in total. The van der Waals surface area contributed by atoms with E-state index in [2.05, 4.69) is 10.3 Å². The van der Waals surface area contributed by atoms with E-state index in [-0.39, 0.29) is 11.9 Å². The molecule has 0 aliphatic rings. The minimum absolute atomic E-state index is 0.126. The third kappa shape index (κ3) is 2.74. The fraction of sp³-hybridized carbons (Fsp3) is 0.267. The number of hydrogen-bond donors (Lipinski definition) is 1. The Morgan fingerprint density at radius 3 is 2.56 bits per heavy atom. The molecule has 0 bridgehead atoms. The van der Waals surface area contributed by atoms with E-state index >= 15 is 0 Å². The van der Waals surface area contributed by atoms with Crippen molar-refractivity contribution in [2.45, 2.75) is 19.9 Å². The molecule has 0 fully saturated rings. The zero-order chi connectivity index (χ0) is 13.0. The van der Waals surface area contributed by atoms with Gasteiger partial charge in [0.25, 0.3) is 0 Å². The summed E-state index contributed by atoms with van der Waals surface area (Å²) >= 11 is 0. The highest BCUT2D eigenvalue weighted by Crippen LogP contribution is 2.24. The van der Waals surface area contributed by atoms with Crippen LogP contribution in [0.4, 0.5) is 4.39 Å². The predicted molar refractivity (Wildman–Crippen MR) is 70.9 cm³/mol. The highest BCUT2D eigenvalue weighted by atomic mass is 19.1. The average Bonchev–Trinajstić information content (AvgIpc) is 2.38. The second-order valence-corrected chi connectivity index (χ2v) is 4.30. The third-order valence-corrected chi connectivity index (χ3v) is 2.93. The van der Waals surface area contributed by atoms with Gasteiger partial charge >= 0.3 is 0 Å². The van der Waals surface area contributed by atoms with Crippen molar-refractivity contribution < 1.29 is 4.39 Å². The minimum Gasteiger partial charge on any atom is -0.306 e. The Labute approximate surface area is 107 Å². The van der Waals surface area contributed by atoms with Crippen molar-refractivity contribution in [3.05, 3.63) is 65.2 Å². The molecular formula is C15H17FN2. The van der Waals surface area contributed by atoms with E-state index in [1.807, 2.05) is 38.1 Å². The first-order valence-electron chi connectivity index (χ1n) is 6.11. The van der Waals surface area contributed by atoms with Crippen LogP contribution in [0.15, 0.2) is 42.7 Å². The zero-order valence-corrected chi connectivity index (χ0v) is 10.7. The number of halogens is 1. The summed E-state index contributed by atoms with van der Waals surface area (Å²) in [5.41, 5.74) is 2.90. The van der Waals surface area contributed by atoms with Gasteiger partial charge in [-0.3, -0.25) is 4.98 Å². The van der Waals surface area contributed by atoms with Crippen molar-refractivity contribution in [2.24, 2.45) is 0 Å². The van der Waals surface area contributed by atoms with Crippen LogP contribution < -0.4 is 5.32 Å². The number of nitrogens with zero attached hydrogens (tertiary/aromatic N) is 1. The first-order valence-corrected chi connectivity index (χ1v) is 6.11. The molecule has 1 unspecified atom stereocenters. The van der Waals surface area contributed by atoms with E-state index < -0.39 is 0 Å². The highest BCUT2D eigenvalue weighted by molar-refractivity contribution is 5.33. The number of rotatable bonds is 4. The first-order chi connectivity index (χ1) is 8.72. The Morgan fingerprint density at radius 1 is 1.22 bits per heavy atom. The van der Waals surface area contributed by atoms with E-state index in [1.54, 1.807) is 12.3 Å². The van der Waals surface area contributed by atoms with Gasteiger partial charge in [-0.1, -0.05) is 36.8 Å². The lowest BCUT2D eigenvalue weighted by molar-refractivity contribution is 0.554. The molecule has 1 heterocycles. The van der Waals surface area contributed by atoms with Crippen LogP contribution in [-0.4, -0.2) is 11.5 Å². The summed E-state index contributed by atoms with van der Waals surface area (Å²) in [6.45, 7) is 4.83. The lowest BCUT2D eigenvalue weighted by atomic mass is 9.98. The molecular weight excluding hydrogens is 227 g/mol. The standard InChI is InChI=1S/C15H17FN2/c1-3-18-15(12-6-4-11(2)5-7-12)13-8-9-17-10-14(13)16/h4-10,15,18H,3H2,1-2H3. The molecule has 0 spiro atoms. The van der Waals surface area contributed by atoms with E-state index in [1.165, 1.54) is 11.8 Å². The maximum Gasteiger partial charge on any atom is 0.146 e. The van der Waals surface area contributed by atoms with Crippen molar-refractivity contribution in [3.8, 4) is 0 Å². The van der Waals surface area contributed by atoms with Gasteiger partial charge in [0.05, 0.1) is 12.2 Å². The van der Waals surface area contributed by atoms with E-state index in [4.69, 9.17) is 0 Å². The van der Waals surface area contributed by atoms with Crippen LogP contribution in [-0.2, 0) is 0 Å². The van der Waals surface area contributed by atoms with Gasteiger partial charge in [0.2, 0.25) is 0 Å². The zero-order valence-electron chi connectivity index (χ0n) is 10.7. The highest BCUT2D eigenvalue weighted by Gasteiger charge is 2.16.